The van der Waals surface area contributed by atoms with Crippen molar-refractivity contribution in [2.24, 2.45) is 0 Å². The molecule has 4 rings (SSSR count). The first-order valence-electron chi connectivity index (χ1n) is 8.20. The molecule has 25 heavy (non-hydrogen) atoms. The first kappa shape index (κ1) is 16.3. The molecule has 1 aliphatic rings. The van der Waals surface area contributed by atoms with Crippen molar-refractivity contribution in [1.82, 2.24) is 18.8 Å². The zero-order chi connectivity index (χ0) is 17.6. The van der Waals surface area contributed by atoms with E-state index in [-0.39, 0.29) is 0 Å². The molecule has 1 aromatic heterocycles. The summed E-state index contributed by atoms with van der Waals surface area (Å²) in [5, 5.41) is 9.89. The quantitative estimate of drug-likeness (QED) is 0.783. The molecule has 2 aromatic carbocycles. The van der Waals surface area contributed by atoms with Crippen LogP contribution in [0.25, 0.3) is 22.0 Å². The van der Waals surface area contributed by atoms with Gasteiger partial charge in [-0.3, -0.25) is 5.10 Å². The molecule has 0 radical (unpaired) electrons. The highest BCUT2D eigenvalue weighted by Crippen LogP contribution is 2.33. The molecule has 0 aliphatic carbocycles. The molecule has 0 saturated heterocycles. The summed E-state index contributed by atoms with van der Waals surface area (Å²) in [4.78, 5) is 0. The highest BCUT2D eigenvalue weighted by Gasteiger charge is 2.31. The van der Waals surface area contributed by atoms with Gasteiger partial charge in [0.05, 0.1) is 5.69 Å². The molecule has 0 amide bonds. The maximum absolute atomic E-state index is 12.5. The molecule has 0 unspecified atom stereocenters. The Kier molecular flexibility index (Phi) is 3.87. The largest absolute Gasteiger partial charge is 0.282 e. The van der Waals surface area contributed by atoms with E-state index in [0.717, 1.165) is 33.3 Å². The molecule has 7 heteroatoms. The van der Waals surface area contributed by atoms with Crippen LogP contribution in [0.5, 0.6) is 0 Å². The zero-order valence-electron chi connectivity index (χ0n) is 14.2. The van der Waals surface area contributed by atoms with Crippen LogP contribution in [0.1, 0.15) is 11.3 Å². The Balaban J connectivity index is 1.82. The van der Waals surface area contributed by atoms with E-state index in [1.807, 2.05) is 24.3 Å². The van der Waals surface area contributed by atoms with Crippen LogP contribution in [0, 0.1) is 0 Å². The van der Waals surface area contributed by atoms with Gasteiger partial charge in [0.15, 0.2) is 0 Å². The number of hydrogen-bond donors (Lipinski definition) is 1. The van der Waals surface area contributed by atoms with E-state index in [0.29, 0.717) is 19.5 Å². The topological polar surface area (TPSA) is 69.3 Å². The summed E-state index contributed by atoms with van der Waals surface area (Å²) in [6.07, 6.45) is 0.639. The van der Waals surface area contributed by atoms with Gasteiger partial charge in [0.1, 0.15) is 0 Å². The Morgan fingerprint density at radius 1 is 1.12 bits per heavy atom. The minimum absolute atomic E-state index is 0.338. The number of rotatable bonds is 3. The molecule has 2 heterocycles. The van der Waals surface area contributed by atoms with Gasteiger partial charge in [-0.05, 0) is 10.8 Å². The average Bonchev–Trinajstić information content (AvgIpc) is 3.04. The van der Waals surface area contributed by atoms with Gasteiger partial charge in [0.2, 0.25) is 0 Å². The third-order valence-electron chi connectivity index (χ3n) is 4.73. The van der Waals surface area contributed by atoms with Crippen LogP contribution in [-0.2, 0) is 23.2 Å². The molecule has 0 atom stereocenters. The van der Waals surface area contributed by atoms with Crippen LogP contribution >= 0.6 is 0 Å². The van der Waals surface area contributed by atoms with Crippen LogP contribution in [0.3, 0.4) is 0 Å². The van der Waals surface area contributed by atoms with Gasteiger partial charge in [-0.2, -0.15) is 22.1 Å². The monoisotopic (exact) mass is 356 g/mol. The number of fused-ring (bicyclic) bond motifs is 2. The fraction of sp³-hybridized carbons (Fsp3) is 0.278. The lowest BCUT2D eigenvalue weighted by atomic mass is 9.97. The Morgan fingerprint density at radius 3 is 2.68 bits per heavy atom. The third-order valence-corrected chi connectivity index (χ3v) is 6.62. The van der Waals surface area contributed by atoms with Gasteiger partial charge in [-0.15, -0.1) is 0 Å². The SMILES string of the molecule is CN(C)S(=O)(=O)N1CCc2[nH]nc(-c3cccc4ccccc34)c2C1. The molecule has 0 bridgehead atoms. The van der Waals surface area contributed by atoms with Crippen molar-refractivity contribution >= 4 is 21.0 Å². The summed E-state index contributed by atoms with van der Waals surface area (Å²) in [5.74, 6) is 0. The highest BCUT2D eigenvalue weighted by atomic mass is 32.2. The van der Waals surface area contributed by atoms with Gasteiger partial charge in [0, 0.05) is 50.4 Å². The molecular formula is C18H20N4O2S. The van der Waals surface area contributed by atoms with E-state index in [4.69, 9.17) is 0 Å². The molecule has 3 aromatic rings. The molecule has 1 aliphatic heterocycles. The normalized spacial score (nSPS) is 15.6. The zero-order valence-corrected chi connectivity index (χ0v) is 15.0. The highest BCUT2D eigenvalue weighted by molar-refractivity contribution is 7.86. The number of nitrogens with one attached hydrogen (secondary N) is 1. The second-order valence-electron chi connectivity index (χ2n) is 6.43. The Hall–Kier alpha value is -2.22. The summed E-state index contributed by atoms with van der Waals surface area (Å²) in [7, 11) is -0.314. The van der Waals surface area contributed by atoms with Crippen LogP contribution in [0.2, 0.25) is 0 Å². The molecule has 130 valence electrons. The lowest BCUT2D eigenvalue weighted by molar-refractivity contribution is 0.358. The minimum atomic E-state index is -3.44. The van der Waals surface area contributed by atoms with Gasteiger partial charge < -0.3 is 0 Å². The van der Waals surface area contributed by atoms with Crippen molar-refractivity contribution in [3.05, 3.63) is 53.7 Å². The van der Waals surface area contributed by atoms with Gasteiger partial charge in [0.25, 0.3) is 10.2 Å². The van der Waals surface area contributed by atoms with Crippen molar-refractivity contribution < 1.29 is 8.42 Å². The maximum Gasteiger partial charge on any atom is 0.281 e. The van der Waals surface area contributed by atoms with Crippen molar-refractivity contribution in [3.63, 3.8) is 0 Å². The number of H-pyrrole nitrogens is 1. The number of nitrogens with zero attached hydrogens (tertiary/aromatic N) is 3. The second-order valence-corrected chi connectivity index (χ2v) is 8.57. The first-order chi connectivity index (χ1) is 12.0. The molecular weight excluding hydrogens is 336 g/mol. The summed E-state index contributed by atoms with van der Waals surface area (Å²) in [5.41, 5.74) is 3.85. The fourth-order valence-corrected chi connectivity index (χ4v) is 4.43. The van der Waals surface area contributed by atoms with Crippen LogP contribution in [0.15, 0.2) is 42.5 Å². The molecule has 0 fully saturated rings. The number of hydrogen-bond acceptors (Lipinski definition) is 3. The summed E-state index contributed by atoms with van der Waals surface area (Å²) in [6, 6.07) is 14.3. The Labute approximate surface area is 147 Å². The molecule has 0 spiro atoms. The fourth-order valence-electron chi connectivity index (χ4n) is 3.35. The van der Waals surface area contributed by atoms with Crippen molar-refractivity contribution in [2.75, 3.05) is 20.6 Å². The standard InChI is InChI=1S/C18H20N4O2S/c1-21(2)25(23,24)22-11-10-17-16(12-22)18(20-19-17)15-9-5-7-13-6-3-4-8-14(13)15/h3-9H,10-12H2,1-2H3,(H,19,20). The van der Waals surface area contributed by atoms with Crippen LogP contribution in [0.4, 0.5) is 0 Å². The van der Waals surface area contributed by atoms with Gasteiger partial charge >= 0.3 is 0 Å². The van der Waals surface area contributed by atoms with Gasteiger partial charge in [-0.1, -0.05) is 42.5 Å². The second kappa shape index (κ2) is 5.94. The smallest absolute Gasteiger partial charge is 0.281 e. The summed E-state index contributed by atoms with van der Waals surface area (Å²) >= 11 is 0. The Morgan fingerprint density at radius 2 is 1.88 bits per heavy atom. The van der Waals surface area contributed by atoms with Gasteiger partial charge in [-0.25, -0.2) is 0 Å². The average molecular weight is 356 g/mol. The van der Waals surface area contributed by atoms with E-state index >= 15 is 0 Å². The van der Waals surface area contributed by atoms with E-state index in [1.54, 1.807) is 14.1 Å². The summed E-state index contributed by atoms with van der Waals surface area (Å²) in [6.45, 7) is 0.801. The van der Waals surface area contributed by atoms with Crippen molar-refractivity contribution in [2.45, 2.75) is 13.0 Å². The van der Waals surface area contributed by atoms with Crippen molar-refractivity contribution in [3.8, 4) is 11.3 Å². The van der Waals surface area contributed by atoms with E-state index < -0.39 is 10.2 Å². The first-order valence-corrected chi connectivity index (χ1v) is 9.60. The lowest BCUT2D eigenvalue weighted by Crippen LogP contribution is -2.42. The minimum Gasteiger partial charge on any atom is -0.282 e. The number of aromatic nitrogens is 2. The molecule has 0 saturated carbocycles. The lowest BCUT2D eigenvalue weighted by Gasteiger charge is -2.28. The maximum atomic E-state index is 12.5. The van der Waals surface area contributed by atoms with E-state index in [2.05, 4.69) is 28.4 Å². The third kappa shape index (κ3) is 2.64. The van der Waals surface area contributed by atoms with Crippen molar-refractivity contribution in [1.29, 1.82) is 0 Å². The molecule has 1 N–H and O–H groups in total. The predicted octanol–water partition coefficient (Wildman–Crippen LogP) is 2.39. The number of benzene rings is 2. The van der Waals surface area contributed by atoms with E-state index in [1.165, 1.54) is 8.61 Å². The number of aromatic amines is 1. The van der Waals surface area contributed by atoms with Crippen LogP contribution in [-0.4, -0.2) is 47.9 Å². The van der Waals surface area contributed by atoms with E-state index in [9.17, 15) is 8.42 Å². The van der Waals surface area contributed by atoms with Crippen LogP contribution < -0.4 is 0 Å². The summed E-state index contributed by atoms with van der Waals surface area (Å²) < 4.78 is 27.8. The Bertz CT molecular complexity index is 1030. The predicted molar refractivity (Wildman–Crippen MR) is 98.3 cm³/mol. The molecule has 6 nitrogen and oxygen atoms in total.